The van der Waals surface area contributed by atoms with Crippen LogP contribution in [0, 0.1) is 0 Å². The first-order valence-electron chi connectivity index (χ1n) is 6.68. The van der Waals surface area contributed by atoms with Crippen LogP contribution in [0.2, 0.25) is 0 Å². The number of carbonyl (C=O) groups is 2. The van der Waals surface area contributed by atoms with Crippen molar-refractivity contribution in [1.29, 1.82) is 0 Å². The molecule has 0 radical (unpaired) electrons. The summed E-state index contributed by atoms with van der Waals surface area (Å²) in [5.74, 6) is -1.24. The van der Waals surface area contributed by atoms with Crippen LogP contribution in [-0.4, -0.2) is 35.7 Å². The largest absolute Gasteiger partial charge is 0.373 e. The summed E-state index contributed by atoms with van der Waals surface area (Å²) >= 11 is 0. The third kappa shape index (κ3) is 7.47. The van der Waals surface area contributed by atoms with Crippen LogP contribution in [0.3, 0.4) is 0 Å². The van der Waals surface area contributed by atoms with Crippen molar-refractivity contribution in [3.63, 3.8) is 0 Å². The Hall–Kier alpha value is -2.78. The zero-order chi connectivity index (χ0) is 17.6. The molecule has 24 heavy (non-hydrogen) atoms. The fourth-order valence-electron chi connectivity index (χ4n) is 1.40. The first-order valence-corrected chi connectivity index (χ1v) is 6.68. The van der Waals surface area contributed by atoms with Crippen molar-refractivity contribution in [2.75, 3.05) is 13.6 Å². The van der Waals surface area contributed by atoms with Crippen molar-refractivity contribution >= 4 is 11.9 Å². The van der Waals surface area contributed by atoms with Crippen LogP contribution < -0.4 is 0 Å². The summed E-state index contributed by atoms with van der Waals surface area (Å²) in [5, 5.41) is 16.3. The van der Waals surface area contributed by atoms with Crippen LogP contribution >= 0.6 is 0 Å². The monoisotopic (exact) mass is 336 g/mol. The van der Waals surface area contributed by atoms with Crippen molar-refractivity contribution in [1.82, 2.24) is 0 Å². The van der Waals surface area contributed by atoms with Crippen LogP contribution in [0.15, 0.2) is 60.7 Å². The molecule has 0 fully saturated rings. The van der Waals surface area contributed by atoms with Gasteiger partial charge in [-0.2, -0.15) is 9.78 Å². The number of hydrogen-bond donors (Lipinski definition) is 2. The van der Waals surface area contributed by atoms with Gasteiger partial charge in [0.15, 0.2) is 13.6 Å². The second-order valence-corrected chi connectivity index (χ2v) is 3.97. The van der Waals surface area contributed by atoms with Gasteiger partial charge in [0, 0.05) is 0 Å². The van der Waals surface area contributed by atoms with E-state index in [4.69, 9.17) is 10.2 Å². The second-order valence-electron chi connectivity index (χ2n) is 3.97. The van der Waals surface area contributed by atoms with E-state index in [-0.39, 0.29) is 0 Å². The highest BCUT2D eigenvalue weighted by Crippen LogP contribution is 2.01. The molecule has 0 aromatic heterocycles. The highest BCUT2D eigenvalue weighted by atomic mass is 17.2. The Balaban J connectivity index is 0.000000240. The number of rotatable bonds is 6. The van der Waals surface area contributed by atoms with Crippen LogP contribution in [0.4, 0.5) is 0 Å². The van der Waals surface area contributed by atoms with Gasteiger partial charge in [-0.3, -0.25) is 9.78 Å². The SMILES string of the molecule is O=C(OOCO)c1ccccc1.O=C(OOCO)c1ccccc1. The molecule has 0 unspecified atom stereocenters. The van der Waals surface area contributed by atoms with E-state index in [0.717, 1.165) is 0 Å². The first kappa shape index (κ1) is 19.3. The zero-order valence-electron chi connectivity index (χ0n) is 12.5. The lowest BCUT2D eigenvalue weighted by Gasteiger charge is -1.99. The highest BCUT2D eigenvalue weighted by molar-refractivity contribution is 5.89. The molecule has 2 aromatic rings. The molecule has 2 rings (SSSR count). The molecule has 2 N–H and O–H groups in total. The lowest BCUT2D eigenvalue weighted by atomic mass is 10.2. The van der Waals surface area contributed by atoms with E-state index in [1.54, 1.807) is 60.7 Å². The minimum absolute atomic E-state index is 0.381. The van der Waals surface area contributed by atoms with E-state index in [0.29, 0.717) is 11.1 Å². The summed E-state index contributed by atoms with van der Waals surface area (Å²) in [5.41, 5.74) is 0.761. The van der Waals surface area contributed by atoms with Crippen LogP contribution in [-0.2, 0) is 19.6 Å². The molecule has 0 atom stereocenters. The maximum Gasteiger partial charge on any atom is 0.373 e. The lowest BCUT2D eigenvalue weighted by molar-refractivity contribution is -0.280. The van der Waals surface area contributed by atoms with Crippen molar-refractivity contribution in [2.45, 2.75) is 0 Å². The predicted molar refractivity (Wildman–Crippen MR) is 80.1 cm³/mol. The fourth-order valence-corrected chi connectivity index (χ4v) is 1.40. The van der Waals surface area contributed by atoms with Gasteiger partial charge in [-0.25, -0.2) is 9.59 Å². The minimum atomic E-state index is -0.640. The van der Waals surface area contributed by atoms with Gasteiger partial charge in [-0.1, -0.05) is 36.4 Å². The third-order valence-corrected chi connectivity index (χ3v) is 2.39. The van der Waals surface area contributed by atoms with Crippen LogP contribution in [0.5, 0.6) is 0 Å². The number of aliphatic hydroxyl groups excluding tert-OH is 2. The van der Waals surface area contributed by atoms with Gasteiger partial charge >= 0.3 is 11.9 Å². The number of carbonyl (C=O) groups excluding carboxylic acids is 2. The third-order valence-electron chi connectivity index (χ3n) is 2.39. The van der Waals surface area contributed by atoms with Gasteiger partial charge in [0.25, 0.3) is 0 Å². The molecular formula is C16H16O8. The second kappa shape index (κ2) is 11.7. The standard InChI is InChI=1S/2C8H8O4/c2*9-6-11-12-8(10)7-4-2-1-3-5-7/h2*1-5,9H,6H2. The maximum atomic E-state index is 10.9. The normalized spacial score (nSPS) is 9.42. The van der Waals surface area contributed by atoms with Crippen LogP contribution in [0.25, 0.3) is 0 Å². The number of aliphatic hydroxyl groups is 2. The summed E-state index contributed by atoms with van der Waals surface area (Å²) < 4.78 is 0. The summed E-state index contributed by atoms with van der Waals surface area (Å²) in [7, 11) is 0. The average Bonchev–Trinajstić information content (AvgIpc) is 2.66. The molecular weight excluding hydrogens is 320 g/mol. The zero-order valence-corrected chi connectivity index (χ0v) is 12.5. The summed E-state index contributed by atoms with van der Waals surface area (Å²) in [6, 6.07) is 16.7. The molecule has 0 bridgehead atoms. The average molecular weight is 336 g/mol. The Morgan fingerprint density at radius 3 is 1.29 bits per heavy atom. The van der Waals surface area contributed by atoms with E-state index < -0.39 is 25.5 Å². The van der Waals surface area contributed by atoms with Gasteiger partial charge in [0.05, 0.1) is 11.1 Å². The van der Waals surface area contributed by atoms with E-state index in [1.807, 2.05) is 0 Å². The van der Waals surface area contributed by atoms with E-state index in [2.05, 4.69) is 19.6 Å². The quantitative estimate of drug-likeness (QED) is 0.463. The van der Waals surface area contributed by atoms with Gasteiger partial charge in [0.2, 0.25) is 0 Å². The molecule has 0 saturated heterocycles. The maximum absolute atomic E-state index is 10.9. The molecule has 8 nitrogen and oxygen atoms in total. The van der Waals surface area contributed by atoms with Crippen molar-refractivity contribution in [2.24, 2.45) is 0 Å². The lowest BCUT2D eigenvalue weighted by Crippen LogP contribution is -2.06. The Morgan fingerprint density at radius 2 is 1.00 bits per heavy atom. The Morgan fingerprint density at radius 1 is 0.667 bits per heavy atom. The molecule has 0 heterocycles. The van der Waals surface area contributed by atoms with Crippen LogP contribution in [0.1, 0.15) is 20.7 Å². The molecule has 128 valence electrons. The summed E-state index contributed by atoms with van der Waals surface area (Å²) in [6.07, 6.45) is 0. The number of hydrogen-bond acceptors (Lipinski definition) is 8. The minimum Gasteiger partial charge on any atom is -0.367 e. The molecule has 0 aliphatic carbocycles. The molecule has 0 saturated carbocycles. The first-order chi connectivity index (χ1) is 11.7. The Kier molecular flexibility index (Phi) is 9.43. The van der Waals surface area contributed by atoms with E-state index in [9.17, 15) is 9.59 Å². The number of benzene rings is 2. The molecule has 0 aliphatic heterocycles. The highest BCUT2D eigenvalue weighted by Gasteiger charge is 2.06. The van der Waals surface area contributed by atoms with Gasteiger partial charge in [-0.15, -0.1) is 0 Å². The van der Waals surface area contributed by atoms with Crippen molar-refractivity contribution < 1.29 is 39.4 Å². The van der Waals surface area contributed by atoms with Crippen molar-refractivity contribution in [3.8, 4) is 0 Å². The van der Waals surface area contributed by atoms with Gasteiger partial charge < -0.3 is 10.2 Å². The molecule has 0 amide bonds. The van der Waals surface area contributed by atoms with E-state index >= 15 is 0 Å². The molecule has 0 aliphatic rings. The summed E-state index contributed by atoms with van der Waals surface area (Å²) in [6.45, 7) is -1.28. The predicted octanol–water partition coefficient (Wildman–Crippen LogP) is 1.45. The smallest absolute Gasteiger partial charge is 0.367 e. The Labute approximate surface area is 137 Å². The van der Waals surface area contributed by atoms with Crippen molar-refractivity contribution in [3.05, 3.63) is 71.8 Å². The molecule has 2 aromatic carbocycles. The molecule has 8 heteroatoms. The Bertz CT molecular complexity index is 544. The summed E-state index contributed by atoms with van der Waals surface area (Å²) in [4.78, 5) is 38.4. The van der Waals surface area contributed by atoms with Gasteiger partial charge in [0.1, 0.15) is 0 Å². The fraction of sp³-hybridized carbons (Fsp3) is 0.125. The topological polar surface area (TPSA) is 112 Å². The van der Waals surface area contributed by atoms with Gasteiger partial charge in [-0.05, 0) is 24.3 Å². The molecule has 0 spiro atoms. The van der Waals surface area contributed by atoms with E-state index in [1.165, 1.54) is 0 Å².